The summed E-state index contributed by atoms with van der Waals surface area (Å²) in [5.74, 6) is -1.18. The molecule has 4 nitrogen and oxygen atoms in total. The Hall–Kier alpha value is -0.730. The van der Waals surface area contributed by atoms with Crippen LogP contribution in [0.1, 0.15) is 13.8 Å². The summed E-state index contributed by atoms with van der Waals surface area (Å²) < 4.78 is 10.7. The van der Waals surface area contributed by atoms with Crippen LogP contribution < -0.4 is 5.32 Å². The Morgan fingerprint density at radius 1 is 1.67 bits per heavy atom. The SMILES string of the molecule is C=CC(=O)NC(C(C)C)[P+](=O)O. The third-order valence-corrected chi connectivity index (χ3v) is 2.55. The van der Waals surface area contributed by atoms with Gasteiger partial charge in [-0.05, 0) is 10.6 Å². The van der Waals surface area contributed by atoms with E-state index in [4.69, 9.17) is 4.89 Å². The van der Waals surface area contributed by atoms with Crippen LogP contribution in [-0.2, 0) is 9.36 Å². The zero-order chi connectivity index (χ0) is 9.72. The van der Waals surface area contributed by atoms with E-state index in [-0.39, 0.29) is 5.92 Å². The molecule has 12 heavy (non-hydrogen) atoms. The largest absolute Gasteiger partial charge is 0.530 e. The van der Waals surface area contributed by atoms with Gasteiger partial charge in [0.2, 0.25) is 5.91 Å². The van der Waals surface area contributed by atoms with Crippen LogP contribution in [0, 0.1) is 5.92 Å². The van der Waals surface area contributed by atoms with Crippen molar-refractivity contribution in [3.05, 3.63) is 12.7 Å². The van der Waals surface area contributed by atoms with Crippen LogP contribution in [0.25, 0.3) is 0 Å². The van der Waals surface area contributed by atoms with Gasteiger partial charge in [0.25, 0.3) is 5.78 Å². The zero-order valence-electron chi connectivity index (χ0n) is 7.15. The predicted octanol–water partition coefficient (Wildman–Crippen LogP) is 1.01. The molecule has 0 aromatic heterocycles. The molecule has 0 aromatic rings. The van der Waals surface area contributed by atoms with Crippen LogP contribution in [0.2, 0.25) is 0 Å². The van der Waals surface area contributed by atoms with E-state index in [1.807, 2.05) is 0 Å². The second kappa shape index (κ2) is 5.01. The minimum atomic E-state index is -2.37. The molecule has 0 aliphatic carbocycles. The molecule has 0 heterocycles. The summed E-state index contributed by atoms with van der Waals surface area (Å²) in [5.41, 5.74) is 0. The maximum atomic E-state index is 10.8. The van der Waals surface area contributed by atoms with Gasteiger partial charge in [0.05, 0.1) is 0 Å². The molecule has 0 radical (unpaired) electrons. The fourth-order valence-corrected chi connectivity index (χ4v) is 1.43. The van der Waals surface area contributed by atoms with Gasteiger partial charge in [0.1, 0.15) is 0 Å². The molecule has 0 spiro atoms. The van der Waals surface area contributed by atoms with E-state index >= 15 is 0 Å². The van der Waals surface area contributed by atoms with Crippen molar-refractivity contribution in [2.24, 2.45) is 5.92 Å². The Kier molecular flexibility index (Phi) is 4.71. The Labute approximate surface area is 72.5 Å². The Morgan fingerprint density at radius 3 is 2.42 bits per heavy atom. The molecule has 0 saturated carbocycles. The second-order valence-electron chi connectivity index (χ2n) is 2.70. The summed E-state index contributed by atoms with van der Waals surface area (Å²) >= 11 is 0. The van der Waals surface area contributed by atoms with Crippen LogP contribution in [0.3, 0.4) is 0 Å². The lowest BCUT2D eigenvalue weighted by Crippen LogP contribution is -2.34. The summed E-state index contributed by atoms with van der Waals surface area (Å²) in [6.07, 6.45) is 1.08. The Balaban J connectivity index is 4.23. The molecular weight excluding hydrogens is 177 g/mol. The number of hydrogen-bond acceptors (Lipinski definition) is 2. The summed E-state index contributed by atoms with van der Waals surface area (Å²) in [5, 5.41) is 2.37. The summed E-state index contributed by atoms with van der Waals surface area (Å²) in [4.78, 5) is 19.5. The third kappa shape index (κ3) is 3.60. The fraction of sp³-hybridized carbons (Fsp3) is 0.571. The smallest absolute Gasteiger partial charge is 0.306 e. The van der Waals surface area contributed by atoms with Crippen molar-refractivity contribution in [1.29, 1.82) is 0 Å². The standard InChI is InChI=1S/C7H12NO3P/c1-4-6(9)8-7(5(2)3)12(10)11/h4-5,7H,1H2,2-3H3,(H-,8,9,10,11)/p+1. The molecule has 2 atom stereocenters. The number of hydrogen-bond donors (Lipinski definition) is 2. The molecule has 68 valence electrons. The number of amides is 1. The van der Waals surface area contributed by atoms with E-state index in [9.17, 15) is 9.36 Å². The minimum absolute atomic E-state index is 0.0671. The summed E-state index contributed by atoms with van der Waals surface area (Å²) in [6, 6.07) is 0. The van der Waals surface area contributed by atoms with Crippen molar-refractivity contribution in [2.45, 2.75) is 19.6 Å². The fourth-order valence-electron chi connectivity index (χ4n) is 0.682. The number of nitrogens with one attached hydrogen (secondary N) is 1. The molecule has 0 rings (SSSR count). The number of carbonyl (C=O) groups excluding carboxylic acids is 1. The van der Waals surface area contributed by atoms with Crippen LogP contribution in [0.5, 0.6) is 0 Å². The van der Waals surface area contributed by atoms with Gasteiger partial charge < -0.3 is 5.32 Å². The lowest BCUT2D eigenvalue weighted by Gasteiger charge is -2.08. The third-order valence-electron chi connectivity index (χ3n) is 1.34. The normalized spacial score (nSPS) is 13.8. The lowest BCUT2D eigenvalue weighted by molar-refractivity contribution is -0.116. The molecule has 0 aliphatic rings. The lowest BCUT2D eigenvalue weighted by atomic mass is 10.2. The highest BCUT2D eigenvalue weighted by Gasteiger charge is 2.33. The molecule has 0 bridgehead atoms. The molecule has 0 fully saturated rings. The van der Waals surface area contributed by atoms with Gasteiger partial charge in [-0.25, -0.2) is 0 Å². The molecular formula is C7H13NO3P+. The van der Waals surface area contributed by atoms with Gasteiger partial charge in [-0.1, -0.05) is 20.4 Å². The highest BCUT2D eigenvalue weighted by Crippen LogP contribution is 2.26. The van der Waals surface area contributed by atoms with Crippen molar-refractivity contribution in [3.63, 3.8) is 0 Å². The van der Waals surface area contributed by atoms with Crippen molar-refractivity contribution >= 4 is 13.9 Å². The minimum Gasteiger partial charge on any atom is -0.306 e. The molecule has 0 aromatic carbocycles. The zero-order valence-corrected chi connectivity index (χ0v) is 8.04. The maximum absolute atomic E-state index is 10.8. The first-order chi connectivity index (χ1) is 5.49. The van der Waals surface area contributed by atoms with Gasteiger partial charge in [0.15, 0.2) is 0 Å². The van der Waals surface area contributed by atoms with Crippen molar-refractivity contribution < 1.29 is 14.3 Å². The van der Waals surface area contributed by atoms with E-state index in [0.717, 1.165) is 6.08 Å². The average Bonchev–Trinajstić information content (AvgIpc) is 1.98. The molecule has 5 heteroatoms. The Morgan fingerprint density at radius 2 is 2.17 bits per heavy atom. The van der Waals surface area contributed by atoms with E-state index in [2.05, 4.69) is 11.9 Å². The first-order valence-electron chi connectivity index (χ1n) is 3.57. The maximum Gasteiger partial charge on any atom is 0.530 e. The molecule has 1 amide bonds. The van der Waals surface area contributed by atoms with Crippen LogP contribution in [-0.4, -0.2) is 16.6 Å². The molecule has 2 N–H and O–H groups in total. The van der Waals surface area contributed by atoms with Crippen LogP contribution in [0.4, 0.5) is 0 Å². The highest BCUT2D eigenvalue weighted by molar-refractivity contribution is 7.38. The van der Waals surface area contributed by atoms with Gasteiger partial charge in [-0.3, -0.25) is 4.79 Å². The molecule has 0 aliphatic heterocycles. The van der Waals surface area contributed by atoms with Crippen molar-refractivity contribution in [2.75, 3.05) is 0 Å². The monoisotopic (exact) mass is 190 g/mol. The van der Waals surface area contributed by atoms with Crippen LogP contribution >= 0.6 is 8.03 Å². The van der Waals surface area contributed by atoms with Gasteiger partial charge in [0, 0.05) is 5.92 Å². The Bertz CT molecular complexity index is 203. The van der Waals surface area contributed by atoms with Gasteiger partial charge >= 0.3 is 8.03 Å². The average molecular weight is 190 g/mol. The molecule has 2 unspecified atom stereocenters. The van der Waals surface area contributed by atoms with E-state index in [1.165, 1.54) is 0 Å². The predicted molar refractivity (Wildman–Crippen MR) is 46.8 cm³/mol. The van der Waals surface area contributed by atoms with Gasteiger partial charge in [-0.2, -0.15) is 4.89 Å². The van der Waals surface area contributed by atoms with E-state index in [1.54, 1.807) is 13.8 Å². The first-order valence-corrected chi connectivity index (χ1v) is 4.85. The second-order valence-corrected chi connectivity index (χ2v) is 3.87. The first kappa shape index (κ1) is 11.3. The number of rotatable bonds is 4. The quantitative estimate of drug-likeness (QED) is 0.513. The van der Waals surface area contributed by atoms with E-state index in [0.29, 0.717) is 0 Å². The van der Waals surface area contributed by atoms with E-state index < -0.39 is 19.7 Å². The van der Waals surface area contributed by atoms with Crippen molar-refractivity contribution in [1.82, 2.24) is 5.32 Å². The van der Waals surface area contributed by atoms with Crippen molar-refractivity contribution in [3.8, 4) is 0 Å². The van der Waals surface area contributed by atoms with Crippen LogP contribution in [0.15, 0.2) is 12.7 Å². The summed E-state index contributed by atoms with van der Waals surface area (Å²) in [6.45, 7) is 6.77. The topological polar surface area (TPSA) is 66.4 Å². The van der Waals surface area contributed by atoms with Gasteiger partial charge in [-0.15, -0.1) is 0 Å². The highest BCUT2D eigenvalue weighted by atomic mass is 31.1. The number of carbonyl (C=O) groups is 1. The summed E-state index contributed by atoms with van der Waals surface area (Å²) in [7, 11) is -2.37. The molecule has 0 saturated heterocycles.